The van der Waals surface area contributed by atoms with Crippen molar-refractivity contribution in [2.24, 2.45) is 0 Å². The molecule has 2 rings (SSSR count). The van der Waals surface area contributed by atoms with E-state index in [1.54, 1.807) is 34.4 Å². The fraction of sp³-hybridized carbons (Fsp3) is 0.444. The van der Waals surface area contributed by atoms with Crippen LogP contribution in [-0.4, -0.2) is 51.2 Å². The summed E-state index contributed by atoms with van der Waals surface area (Å²) in [5.41, 5.74) is 0.998. The molecule has 0 aliphatic heterocycles. The number of nitrogens with zero attached hydrogens (tertiary/aromatic N) is 4. The van der Waals surface area contributed by atoms with Crippen molar-refractivity contribution >= 4 is 11.8 Å². The zero-order chi connectivity index (χ0) is 18.2. The van der Waals surface area contributed by atoms with Crippen molar-refractivity contribution in [3.63, 3.8) is 0 Å². The highest BCUT2D eigenvalue weighted by Gasteiger charge is 2.21. The van der Waals surface area contributed by atoms with E-state index in [9.17, 15) is 9.59 Å². The number of hydrogen-bond donors (Lipinski definition) is 0. The second-order valence-electron chi connectivity index (χ2n) is 5.67. The van der Waals surface area contributed by atoms with E-state index in [4.69, 9.17) is 4.42 Å². The Balaban J connectivity index is 2.11. The van der Waals surface area contributed by atoms with E-state index in [0.29, 0.717) is 25.4 Å². The van der Waals surface area contributed by atoms with Crippen LogP contribution >= 0.6 is 0 Å². The van der Waals surface area contributed by atoms with Crippen molar-refractivity contribution in [2.75, 3.05) is 19.6 Å². The number of rotatable bonds is 8. The Morgan fingerprint density at radius 2 is 1.88 bits per heavy atom. The Morgan fingerprint density at radius 3 is 2.44 bits per heavy atom. The van der Waals surface area contributed by atoms with Crippen molar-refractivity contribution in [3.05, 3.63) is 47.9 Å². The maximum absolute atomic E-state index is 12.8. The fourth-order valence-electron chi connectivity index (χ4n) is 2.47. The van der Waals surface area contributed by atoms with Gasteiger partial charge >= 0.3 is 0 Å². The van der Waals surface area contributed by atoms with Crippen LogP contribution in [0.1, 0.15) is 42.2 Å². The number of furan rings is 1. The van der Waals surface area contributed by atoms with Crippen LogP contribution < -0.4 is 0 Å². The smallest absolute Gasteiger partial charge is 0.274 e. The van der Waals surface area contributed by atoms with Crippen LogP contribution in [0.25, 0.3) is 0 Å². The van der Waals surface area contributed by atoms with E-state index in [1.807, 2.05) is 20.8 Å². The minimum absolute atomic E-state index is 0.0252. The summed E-state index contributed by atoms with van der Waals surface area (Å²) in [4.78, 5) is 36.6. The molecule has 0 radical (unpaired) electrons. The van der Waals surface area contributed by atoms with Crippen LogP contribution in [0.3, 0.4) is 0 Å². The molecule has 0 bridgehead atoms. The van der Waals surface area contributed by atoms with E-state index in [0.717, 1.165) is 5.69 Å². The molecule has 0 N–H and O–H groups in total. The Labute approximate surface area is 147 Å². The lowest BCUT2D eigenvalue weighted by molar-refractivity contribution is -0.131. The van der Waals surface area contributed by atoms with Crippen molar-refractivity contribution in [1.82, 2.24) is 19.8 Å². The second kappa shape index (κ2) is 8.96. The van der Waals surface area contributed by atoms with Crippen molar-refractivity contribution in [1.29, 1.82) is 0 Å². The Bertz CT molecular complexity index is 679. The molecule has 2 heterocycles. The average Bonchev–Trinajstić information content (AvgIpc) is 3.13. The summed E-state index contributed by atoms with van der Waals surface area (Å²) >= 11 is 0. The van der Waals surface area contributed by atoms with E-state index < -0.39 is 0 Å². The zero-order valence-electron chi connectivity index (χ0n) is 14.9. The first-order chi connectivity index (χ1) is 12.0. The molecule has 0 spiro atoms. The quantitative estimate of drug-likeness (QED) is 0.734. The average molecular weight is 344 g/mol. The zero-order valence-corrected chi connectivity index (χ0v) is 14.9. The van der Waals surface area contributed by atoms with Crippen LogP contribution in [-0.2, 0) is 11.3 Å². The maximum atomic E-state index is 12.8. The van der Waals surface area contributed by atoms with Gasteiger partial charge in [-0.05, 0) is 32.9 Å². The summed E-state index contributed by atoms with van der Waals surface area (Å²) in [6, 6.07) is 3.57. The fourth-order valence-corrected chi connectivity index (χ4v) is 2.47. The third-order valence-electron chi connectivity index (χ3n) is 3.93. The second-order valence-corrected chi connectivity index (χ2v) is 5.67. The minimum Gasteiger partial charge on any atom is -0.467 e. The molecule has 7 nitrogen and oxygen atoms in total. The summed E-state index contributed by atoms with van der Waals surface area (Å²) < 4.78 is 5.34. The molecule has 0 aromatic carbocycles. The number of aryl methyl sites for hydroxylation is 1. The molecule has 2 aromatic heterocycles. The molecular formula is C18H24N4O3. The van der Waals surface area contributed by atoms with E-state index in [-0.39, 0.29) is 30.5 Å². The molecule has 7 heteroatoms. The monoisotopic (exact) mass is 344 g/mol. The molecule has 0 saturated carbocycles. The van der Waals surface area contributed by atoms with E-state index in [2.05, 4.69) is 9.97 Å². The number of aromatic nitrogens is 2. The molecule has 0 aliphatic rings. The molecular weight excluding hydrogens is 320 g/mol. The molecule has 0 atom stereocenters. The molecule has 134 valence electrons. The Kier molecular flexibility index (Phi) is 6.68. The highest BCUT2D eigenvalue weighted by atomic mass is 16.3. The topological polar surface area (TPSA) is 79.5 Å². The summed E-state index contributed by atoms with van der Waals surface area (Å²) in [6.07, 6.45) is 4.83. The van der Waals surface area contributed by atoms with Crippen LogP contribution in [0.2, 0.25) is 0 Å². The van der Waals surface area contributed by atoms with E-state index >= 15 is 0 Å². The van der Waals surface area contributed by atoms with Crippen molar-refractivity contribution in [3.8, 4) is 0 Å². The van der Waals surface area contributed by atoms with Gasteiger partial charge in [0.2, 0.25) is 5.91 Å². The first-order valence-corrected chi connectivity index (χ1v) is 8.43. The van der Waals surface area contributed by atoms with Gasteiger partial charge in [-0.25, -0.2) is 4.98 Å². The van der Waals surface area contributed by atoms with Crippen molar-refractivity contribution < 1.29 is 14.0 Å². The Morgan fingerprint density at radius 1 is 1.12 bits per heavy atom. The van der Waals surface area contributed by atoms with Crippen LogP contribution in [0.4, 0.5) is 0 Å². The van der Waals surface area contributed by atoms with Gasteiger partial charge in [0.25, 0.3) is 5.91 Å². The molecule has 2 amide bonds. The standard InChI is InChI=1S/C18H24N4O3/c1-4-21(5-2)17(23)8-9-22(13-15-7-6-10-25-15)18(24)16-12-19-14(3)11-20-16/h6-7,10-12H,4-5,8-9,13H2,1-3H3. The molecule has 25 heavy (non-hydrogen) atoms. The third-order valence-corrected chi connectivity index (χ3v) is 3.93. The van der Waals surface area contributed by atoms with Crippen LogP contribution in [0, 0.1) is 6.92 Å². The highest BCUT2D eigenvalue weighted by Crippen LogP contribution is 2.10. The van der Waals surface area contributed by atoms with Crippen molar-refractivity contribution in [2.45, 2.75) is 33.7 Å². The van der Waals surface area contributed by atoms with Gasteiger partial charge in [-0.2, -0.15) is 0 Å². The summed E-state index contributed by atoms with van der Waals surface area (Å²) in [5, 5.41) is 0. The largest absolute Gasteiger partial charge is 0.467 e. The lowest BCUT2D eigenvalue weighted by atomic mass is 10.2. The Hall–Kier alpha value is -2.70. The summed E-state index contributed by atoms with van der Waals surface area (Å²) in [5.74, 6) is 0.414. The van der Waals surface area contributed by atoms with Gasteiger partial charge in [0.1, 0.15) is 11.5 Å². The molecule has 0 aliphatic carbocycles. The molecule has 0 unspecified atom stereocenters. The lowest BCUT2D eigenvalue weighted by Gasteiger charge is -2.24. The molecule has 2 aromatic rings. The first kappa shape index (κ1) is 18.6. The van der Waals surface area contributed by atoms with Gasteiger partial charge in [0, 0.05) is 32.3 Å². The number of amides is 2. The van der Waals surface area contributed by atoms with Gasteiger partial charge < -0.3 is 14.2 Å². The third kappa shape index (κ3) is 5.14. The number of carbonyl (C=O) groups is 2. The normalized spacial score (nSPS) is 10.5. The lowest BCUT2D eigenvalue weighted by Crippen LogP contribution is -2.37. The number of carbonyl (C=O) groups excluding carboxylic acids is 2. The predicted octanol–water partition coefficient (Wildman–Crippen LogP) is 2.28. The first-order valence-electron chi connectivity index (χ1n) is 8.43. The van der Waals surface area contributed by atoms with Gasteiger partial charge in [0.15, 0.2) is 0 Å². The molecule has 0 saturated heterocycles. The predicted molar refractivity (Wildman–Crippen MR) is 92.8 cm³/mol. The van der Waals surface area contributed by atoms with Crippen LogP contribution in [0.5, 0.6) is 0 Å². The SMILES string of the molecule is CCN(CC)C(=O)CCN(Cc1ccco1)C(=O)c1cnc(C)cn1. The minimum atomic E-state index is -0.267. The highest BCUT2D eigenvalue weighted by molar-refractivity contribution is 5.92. The van der Waals surface area contributed by atoms with Gasteiger partial charge in [-0.1, -0.05) is 0 Å². The van der Waals surface area contributed by atoms with E-state index in [1.165, 1.54) is 6.20 Å². The van der Waals surface area contributed by atoms with Gasteiger partial charge in [0.05, 0.1) is 24.7 Å². The van der Waals surface area contributed by atoms with Gasteiger partial charge in [-0.3, -0.25) is 14.6 Å². The maximum Gasteiger partial charge on any atom is 0.274 e. The summed E-state index contributed by atoms with van der Waals surface area (Å²) in [6.45, 7) is 7.59. The number of hydrogen-bond acceptors (Lipinski definition) is 5. The van der Waals surface area contributed by atoms with Crippen LogP contribution in [0.15, 0.2) is 35.2 Å². The van der Waals surface area contributed by atoms with Gasteiger partial charge in [-0.15, -0.1) is 0 Å². The summed E-state index contributed by atoms with van der Waals surface area (Å²) in [7, 11) is 0. The molecule has 0 fully saturated rings.